The summed E-state index contributed by atoms with van der Waals surface area (Å²) >= 11 is 0. The minimum Gasteiger partial charge on any atom is -0.349 e. The van der Waals surface area contributed by atoms with Gasteiger partial charge in [-0.3, -0.25) is 4.79 Å². The van der Waals surface area contributed by atoms with Crippen molar-refractivity contribution in [3.05, 3.63) is 35.1 Å². The Bertz CT molecular complexity index is 433. The minimum absolute atomic E-state index is 0.00864. The summed E-state index contributed by atoms with van der Waals surface area (Å²) in [6.45, 7) is 0. The number of hydrogen-bond acceptors (Lipinski definition) is 1. The second-order valence-corrected chi connectivity index (χ2v) is 3.55. The molecule has 1 unspecified atom stereocenters. The maximum atomic E-state index is 12.8. The lowest BCUT2D eigenvalue weighted by molar-refractivity contribution is -0.140. The molecule has 6 heteroatoms. The zero-order chi connectivity index (χ0) is 11.9. The van der Waals surface area contributed by atoms with Gasteiger partial charge in [-0.05, 0) is 17.7 Å². The zero-order valence-corrected chi connectivity index (χ0v) is 7.94. The number of carbonyl (C=O) groups is 1. The van der Waals surface area contributed by atoms with Crippen LogP contribution in [0.5, 0.6) is 0 Å². The number of β-lactam (4-membered cyclic amide) rings is 1. The fourth-order valence-electron chi connectivity index (χ4n) is 1.62. The third kappa shape index (κ3) is 1.87. The molecule has 1 amide bonds. The predicted octanol–water partition coefficient (Wildman–Crippen LogP) is 2.41. The molecule has 2 rings (SSSR count). The molecular weight excluding hydrogens is 226 g/mol. The molecule has 0 spiro atoms. The smallest absolute Gasteiger partial charge is 0.349 e. The van der Waals surface area contributed by atoms with Gasteiger partial charge >= 0.3 is 6.18 Å². The summed E-state index contributed by atoms with van der Waals surface area (Å²) in [4.78, 5) is 10.6. The summed E-state index contributed by atoms with van der Waals surface area (Å²) in [6.07, 6.45) is -4.60. The summed E-state index contributed by atoms with van der Waals surface area (Å²) in [7, 11) is 0. The standard InChI is InChI=1S/C10H7F4NO/c11-5-1-2-6(8-4-9(16)15-8)7(3-5)10(12,13)14/h1-3,8H,4H2,(H,15,16). The first-order valence-corrected chi connectivity index (χ1v) is 4.54. The predicted molar refractivity (Wildman–Crippen MR) is 46.9 cm³/mol. The van der Waals surface area contributed by atoms with Crippen LogP contribution in [0.3, 0.4) is 0 Å². The van der Waals surface area contributed by atoms with E-state index in [1.54, 1.807) is 0 Å². The van der Waals surface area contributed by atoms with E-state index in [0.717, 1.165) is 12.1 Å². The van der Waals surface area contributed by atoms with E-state index in [-0.39, 0.29) is 17.9 Å². The number of amides is 1. The molecule has 1 heterocycles. The average molecular weight is 233 g/mol. The van der Waals surface area contributed by atoms with Gasteiger partial charge in [-0.1, -0.05) is 6.07 Å². The summed E-state index contributed by atoms with van der Waals surface area (Å²) in [6, 6.07) is 1.79. The van der Waals surface area contributed by atoms with Gasteiger partial charge in [0.15, 0.2) is 0 Å². The molecule has 0 bridgehead atoms. The van der Waals surface area contributed by atoms with E-state index in [0.29, 0.717) is 6.07 Å². The largest absolute Gasteiger partial charge is 0.416 e. The van der Waals surface area contributed by atoms with Gasteiger partial charge in [0.25, 0.3) is 0 Å². The van der Waals surface area contributed by atoms with E-state index in [2.05, 4.69) is 5.32 Å². The van der Waals surface area contributed by atoms with Crippen molar-refractivity contribution in [1.29, 1.82) is 0 Å². The van der Waals surface area contributed by atoms with E-state index < -0.39 is 23.6 Å². The average Bonchev–Trinajstić information content (AvgIpc) is 2.12. The Morgan fingerprint density at radius 2 is 1.94 bits per heavy atom. The highest BCUT2D eigenvalue weighted by Gasteiger charge is 2.38. The van der Waals surface area contributed by atoms with Gasteiger partial charge in [-0.25, -0.2) is 4.39 Å². The van der Waals surface area contributed by atoms with Gasteiger partial charge in [-0.15, -0.1) is 0 Å². The van der Waals surface area contributed by atoms with Crippen LogP contribution in [0.1, 0.15) is 23.6 Å². The molecule has 0 saturated carbocycles. The Morgan fingerprint density at radius 1 is 1.31 bits per heavy atom. The molecule has 16 heavy (non-hydrogen) atoms. The molecule has 2 nitrogen and oxygen atoms in total. The molecule has 1 aliphatic heterocycles. The Balaban J connectivity index is 2.40. The molecule has 1 aromatic carbocycles. The van der Waals surface area contributed by atoms with Crippen LogP contribution in [-0.4, -0.2) is 5.91 Å². The lowest BCUT2D eigenvalue weighted by Gasteiger charge is -2.29. The number of alkyl halides is 3. The molecule has 0 aromatic heterocycles. The van der Waals surface area contributed by atoms with Crippen molar-refractivity contribution in [1.82, 2.24) is 5.32 Å². The zero-order valence-electron chi connectivity index (χ0n) is 7.94. The molecule has 1 aliphatic rings. The van der Waals surface area contributed by atoms with Crippen molar-refractivity contribution in [3.63, 3.8) is 0 Å². The van der Waals surface area contributed by atoms with E-state index in [9.17, 15) is 22.4 Å². The van der Waals surface area contributed by atoms with Crippen LogP contribution < -0.4 is 5.32 Å². The van der Waals surface area contributed by atoms with Crippen molar-refractivity contribution in [3.8, 4) is 0 Å². The van der Waals surface area contributed by atoms with E-state index in [4.69, 9.17) is 0 Å². The quantitative estimate of drug-likeness (QED) is 0.585. The van der Waals surface area contributed by atoms with Gasteiger partial charge < -0.3 is 5.32 Å². The Kier molecular flexibility index (Phi) is 2.36. The van der Waals surface area contributed by atoms with Gasteiger partial charge in [0.05, 0.1) is 18.0 Å². The van der Waals surface area contributed by atoms with Crippen LogP contribution in [0.2, 0.25) is 0 Å². The van der Waals surface area contributed by atoms with Gasteiger partial charge in [0.1, 0.15) is 5.82 Å². The third-order valence-corrected chi connectivity index (χ3v) is 2.42. The van der Waals surface area contributed by atoms with Crippen LogP contribution in [0.4, 0.5) is 17.6 Å². The number of hydrogen-bond donors (Lipinski definition) is 1. The number of carbonyl (C=O) groups excluding carboxylic acids is 1. The fourth-order valence-corrected chi connectivity index (χ4v) is 1.62. The van der Waals surface area contributed by atoms with E-state index >= 15 is 0 Å². The fraction of sp³-hybridized carbons (Fsp3) is 0.300. The molecule has 1 atom stereocenters. The molecule has 1 N–H and O–H groups in total. The molecule has 0 radical (unpaired) electrons. The van der Waals surface area contributed by atoms with E-state index in [1.807, 2.05) is 0 Å². The highest BCUT2D eigenvalue weighted by Crippen LogP contribution is 2.37. The Morgan fingerprint density at radius 3 is 2.44 bits per heavy atom. The van der Waals surface area contributed by atoms with E-state index in [1.165, 1.54) is 0 Å². The molecule has 1 saturated heterocycles. The van der Waals surface area contributed by atoms with Crippen LogP contribution in [0.15, 0.2) is 18.2 Å². The summed E-state index contributed by atoms with van der Waals surface area (Å²) in [5.74, 6) is -1.25. The highest BCUT2D eigenvalue weighted by atomic mass is 19.4. The second-order valence-electron chi connectivity index (χ2n) is 3.55. The monoisotopic (exact) mass is 233 g/mol. The number of benzene rings is 1. The lowest BCUT2D eigenvalue weighted by Crippen LogP contribution is -2.42. The van der Waals surface area contributed by atoms with Crippen LogP contribution in [0.25, 0.3) is 0 Å². The first-order valence-electron chi connectivity index (χ1n) is 4.54. The van der Waals surface area contributed by atoms with Gasteiger partial charge in [0.2, 0.25) is 5.91 Å². The van der Waals surface area contributed by atoms with Crippen molar-refractivity contribution in [2.24, 2.45) is 0 Å². The summed E-state index contributed by atoms with van der Waals surface area (Å²) < 4.78 is 50.5. The molecule has 1 fully saturated rings. The molecule has 86 valence electrons. The molecular formula is C10H7F4NO. The van der Waals surface area contributed by atoms with Crippen molar-refractivity contribution >= 4 is 5.91 Å². The highest BCUT2D eigenvalue weighted by molar-refractivity contribution is 5.83. The minimum atomic E-state index is -4.61. The summed E-state index contributed by atoms with van der Waals surface area (Å²) in [5.41, 5.74) is -1.12. The Labute approximate surface area is 88.3 Å². The number of nitrogens with one attached hydrogen (secondary N) is 1. The second kappa shape index (κ2) is 3.47. The normalized spacial score (nSPS) is 20.2. The first kappa shape index (κ1) is 10.9. The SMILES string of the molecule is O=C1CC(c2ccc(F)cc2C(F)(F)F)N1. The number of halogens is 4. The lowest BCUT2D eigenvalue weighted by atomic mass is 9.92. The first-order chi connectivity index (χ1) is 7.38. The van der Waals surface area contributed by atoms with Gasteiger partial charge in [0, 0.05) is 0 Å². The topological polar surface area (TPSA) is 29.1 Å². The van der Waals surface area contributed by atoms with Crippen molar-refractivity contribution in [2.75, 3.05) is 0 Å². The Hall–Kier alpha value is -1.59. The van der Waals surface area contributed by atoms with Crippen LogP contribution in [0, 0.1) is 5.82 Å². The van der Waals surface area contributed by atoms with Crippen LogP contribution in [-0.2, 0) is 11.0 Å². The van der Waals surface area contributed by atoms with Crippen molar-refractivity contribution < 1.29 is 22.4 Å². The van der Waals surface area contributed by atoms with Gasteiger partial charge in [-0.2, -0.15) is 13.2 Å². The molecule has 1 aromatic rings. The third-order valence-electron chi connectivity index (χ3n) is 2.42. The van der Waals surface area contributed by atoms with Crippen molar-refractivity contribution in [2.45, 2.75) is 18.6 Å². The maximum Gasteiger partial charge on any atom is 0.416 e. The molecule has 0 aliphatic carbocycles. The number of rotatable bonds is 1. The maximum absolute atomic E-state index is 12.8. The van der Waals surface area contributed by atoms with Crippen LogP contribution >= 0.6 is 0 Å². The summed E-state index contributed by atoms with van der Waals surface area (Å²) in [5, 5.41) is 2.33.